The standard InChI is InChI=1S/C14H24N6O2.ClH/c1-4-16-14(22)18-13(21)10(2)20-8-5-15-9-11(20)12-17-6-7-19(12)3;/h6-7,10-11,15H,4-5,8-9H2,1-3H3,(H2,16,18,21,22);1H. The van der Waals surface area contributed by atoms with Crippen LogP contribution >= 0.6 is 12.4 Å². The summed E-state index contributed by atoms with van der Waals surface area (Å²) >= 11 is 0. The van der Waals surface area contributed by atoms with Gasteiger partial charge in [0.05, 0.1) is 12.1 Å². The van der Waals surface area contributed by atoms with Crippen molar-refractivity contribution >= 4 is 24.3 Å². The third kappa shape index (κ3) is 4.66. The minimum Gasteiger partial charge on any atom is -0.338 e. The number of urea groups is 1. The van der Waals surface area contributed by atoms with Gasteiger partial charge in [0, 0.05) is 45.6 Å². The predicted octanol–water partition coefficient (Wildman–Crippen LogP) is 0.0224. The van der Waals surface area contributed by atoms with E-state index in [2.05, 4.69) is 25.8 Å². The van der Waals surface area contributed by atoms with Crippen molar-refractivity contribution in [3.05, 3.63) is 18.2 Å². The molecule has 1 aliphatic heterocycles. The van der Waals surface area contributed by atoms with Crippen molar-refractivity contribution in [1.29, 1.82) is 0 Å². The van der Waals surface area contributed by atoms with Crippen LogP contribution in [0.3, 0.4) is 0 Å². The summed E-state index contributed by atoms with van der Waals surface area (Å²) in [5.74, 6) is 0.608. The second-order valence-corrected chi connectivity index (χ2v) is 5.38. The molecule has 2 rings (SSSR count). The van der Waals surface area contributed by atoms with Crippen molar-refractivity contribution in [1.82, 2.24) is 30.4 Å². The molecule has 1 saturated heterocycles. The molecular formula is C14H25ClN6O2. The Balaban J connectivity index is 0.00000264. The smallest absolute Gasteiger partial charge is 0.321 e. The maximum absolute atomic E-state index is 12.3. The van der Waals surface area contributed by atoms with Crippen LogP contribution in [0.5, 0.6) is 0 Å². The van der Waals surface area contributed by atoms with Gasteiger partial charge >= 0.3 is 6.03 Å². The number of imidazole rings is 1. The second kappa shape index (κ2) is 8.85. The predicted molar refractivity (Wildman–Crippen MR) is 89.5 cm³/mol. The number of hydrogen-bond donors (Lipinski definition) is 3. The van der Waals surface area contributed by atoms with Gasteiger partial charge < -0.3 is 15.2 Å². The van der Waals surface area contributed by atoms with Gasteiger partial charge in [0.2, 0.25) is 5.91 Å². The first-order valence-electron chi connectivity index (χ1n) is 7.57. The van der Waals surface area contributed by atoms with E-state index in [1.807, 2.05) is 24.7 Å². The fourth-order valence-electron chi connectivity index (χ4n) is 2.69. The molecule has 3 amide bonds. The zero-order valence-corrected chi connectivity index (χ0v) is 14.5. The van der Waals surface area contributed by atoms with Crippen LogP contribution in [0.4, 0.5) is 4.79 Å². The molecule has 0 aliphatic carbocycles. The monoisotopic (exact) mass is 344 g/mol. The highest BCUT2D eigenvalue weighted by Gasteiger charge is 2.33. The molecule has 0 spiro atoms. The van der Waals surface area contributed by atoms with Gasteiger partial charge in [-0.1, -0.05) is 0 Å². The molecule has 2 unspecified atom stereocenters. The Morgan fingerprint density at radius 1 is 1.52 bits per heavy atom. The molecule has 1 aromatic heterocycles. The quantitative estimate of drug-likeness (QED) is 0.716. The number of aromatic nitrogens is 2. The van der Waals surface area contributed by atoms with Crippen LogP contribution in [-0.4, -0.2) is 58.6 Å². The SMILES string of the molecule is CCNC(=O)NC(=O)C(C)N1CCNCC1c1nccn1C.Cl. The maximum Gasteiger partial charge on any atom is 0.321 e. The number of amides is 3. The van der Waals surface area contributed by atoms with Gasteiger partial charge in [-0.15, -0.1) is 12.4 Å². The van der Waals surface area contributed by atoms with Crippen LogP contribution in [-0.2, 0) is 11.8 Å². The topological polar surface area (TPSA) is 91.3 Å². The number of imide groups is 1. The molecule has 3 N–H and O–H groups in total. The zero-order chi connectivity index (χ0) is 16.1. The largest absolute Gasteiger partial charge is 0.338 e. The number of carbonyl (C=O) groups excluding carboxylic acids is 2. The molecular weight excluding hydrogens is 320 g/mol. The summed E-state index contributed by atoms with van der Waals surface area (Å²) in [6.45, 7) is 6.36. The first-order valence-corrected chi connectivity index (χ1v) is 7.57. The van der Waals surface area contributed by atoms with Crippen LogP contribution in [0.15, 0.2) is 12.4 Å². The number of aryl methyl sites for hydroxylation is 1. The third-order valence-corrected chi connectivity index (χ3v) is 3.89. The van der Waals surface area contributed by atoms with E-state index in [9.17, 15) is 9.59 Å². The number of carbonyl (C=O) groups is 2. The Morgan fingerprint density at radius 2 is 2.26 bits per heavy atom. The van der Waals surface area contributed by atoms with Crippen molar-refractivity contribution in [3.8, 4) is 0 Å². The van der Waals surface area contributed by atoms with Gasteiger partial charge in [-0.2, -0.15) is 0 Å². The van der Waals surface area contributed by atoms with Crippen molar-refractivity contribution < 1.29 is 9.59 Å². The van der Waals surface area contributed by atoms with Crippen LogP contribution in [0, 0.1) is 0 Å². The molecule has 8 nitrogen and oxygen atoms in total. The molecule has 2 heterocycles. The van der Waals surface area contributed by atoms with Gasteiger partial charge in [-0.05, 0) is 13.8 Å². The minimum absolute atomic E-state index is 0. The molecule has 1 aliphatic rings. The van der Waals surface area contributed by atoms with E-state index >= 15 is 0 Å². The van der Waals surface area contributed by atoms with E-state index < -0.39 is 12.1 Å². The van der Waals surface area contributed by atoms with Gasteiger partial charge in [0.25, 0.3) is 0 Å². The van der Waals surface area contributed by atoms with Crippen LogP contribution < -0.4 is 16.0 Å². The summed E-state index contributed by atoms with van der Waals surface area (Å²) in [7, 11) is 1.94. The van der Waals surface area contributed by atoms with E-state index in [0.29, 0.717) is 6.54 Å². The highest BCUT2D eigenvalue weighted by molar-refractivity contribution is 5.96. The first kappa shape index (κ1) is 19.4. The fraction of sp³-hybridized carbons (Fsp3) is 0.643. The summed E-state index contributed by atoms with van der Waals surface area (Å²) < 4.78 is 1.96. The third-order valence-electron chi connectivity index (χ3n) is 3.89. The molecule has 2 atom stereocenters. The Morgan fingerprint density at radius 3 is 2.87 bits per heavy atom. The van der Waals surface area contributed by atoms with E-state index in [1.165, 1.54) is 0 Å². The first-order chi connectivity index (χ1) is 10.5. The summed E-state index contributed by atoms with van der Waals surface area (Å²) in [6, 6.07) is -0.863. The molecule has 1 fully saturated rings. The van der Waals surface area contributed by atoms with Gasteiger partial charge in [0.15, 0.2) is 0 Å². The Labute approximate surface area is 142 Å². The lowest BCUT2D eigenvalue weighted by Crippen LogP contribution is -2.56. The maximum atomic E-state index is 12.3. The molecule has 0 saturated carbocycles. The van der Waals surface area contributed by atoms with Crippen molar-refractivity contribution in [3.63, 3.8) is 0 Å². The molecule has 0 radical (unpaired) electrons. The van der Waals surface area contributed by atoms with Crippen molar-refractivity contribution in [2.24, 2.45) is 7.05 Å². The number of nitrogens with zero attached hydrogens (tertiary/aromatic N) is 3. The summed E-state index contributed by atoms with van der Waals surface area (Å²) in [5, 5.41) is 8.27. The minimum atomic E-state index is -0.456. The Hall–Kier alpha value is -1.64. The van der Waals surface area contributed by atoms with Crippen LogP contribution in [0.2, 0.25) is 0 Å². The van der Waals surface area contributed by atoms with Crippen molar-refractivity contribution in [2.45, 2.75) is 25.9 Å². The molecule has 130 valence electrons. The summed E-state index contributed by atoms with van der Waals surface area (Å²) in [4.78, 5) is 30.2. The number of rotatable bonds is 4. The highest BCUT2D eigenvalue weighted by Crippen LogP contribution is 2.22. The van der Waals surface area contributed by atoms with E-state index in [1.54, 1.807) is 13.1 Å². The van der Waals surface area contributed by atoms with Gasteiger partial charge in [-0.3, -0.25) is 15.0 Å². The zero-order valence-electron chi connectivity index (χ0n) is 13.7. The lowest BCUT2D eigenvalue weighted by atomic mass is 10.1. The molecule has 0 aromatic carbocycles. The number of hydrogen-bond acceptors (Lipinski definition) is 5. The Bertz CT molecular complexity index is 535. The number of halogens is 1. The summed E-state index contributed by atoms with van der Waals surface area (Å²) in [5.41, 5.74) is 0. The molecule has 23 heavy (non-hydrogen) atoms. The number of nitrogens with one attached hydrogen (secondary N) is 3. The van der Waals surface area contributed by atoms with Crippen LogP contribution in [0.1, 0.15) is 25.7 Å². The lowest BCUT2D eigenvalue weighted by Gasteiger charge is -2.38. The average Bonchev–Trinajstić information content (AvgIpc) is 2.92. The van der Waals surface area contributed by atoms with Crippen LogP contribution in [0.25, 0.3) is 0 Å². The lowest BCUT2D eigenvalue weighted by molar-refractivity contribution is -0.126. The second-order valence-electron chi connectivity index (χ2n) is 5.38. The molecule has 1 aromatic rings. The number of piperazine rings is 1. The fourth-order valence-corrected chi connectivity index (χ4v) is 2.69. The normalized spacial score (nSPS) is 19.5. The molecule has 0 bridgehead atoms. The summed E-state index contributed by atoms with van der Waals surface area (Å²) in [6.07, 6.45) is 3.64. The average molecular weight is 345 g/mol. The van der Waals surface area contributed by atoms with Gasteiger partial charge in [-0.25, -0.2) is 9.78 Å². The Kier molecular flexibility index (Phi) is 7.47. The molecule has 9 heteroatoms. The van der Waals surface area contributed by atoms with E-state index in [4.69, 9.17) is 0 Å². The highest BCUT2D eigenvalue weighted by atomic mass is 35.5. The van der Waals surface area contributed by atoms with Gasteiger partial charge in [0.1, 0.15) is 5.82 Å². The van der Waals surface area contributed by atoms with E-state index in [0.717, 1.165) is 25.5 Å². The van der Waals surface area contributed by atoms with Crippen molar-refractivity contribution in [2.75, 3.05) is 26.2 Å². The van der Waals surface area contributed by atoms with E-state index in [-0.39, 0.29) is 24.4 Å².